The van der Waals surface area contributed by atoms with E-state index < -0.39 is 9.84 Å². The fraction of sp³-hybridized carbons (Fsp3) is 0.600. The Balaban J connectivity index is 1.26. The maximum absolute atomic E-state index is 12.8. The molecule has 3 fully saturated rings. The van der Waals surface area contributed by atoms with E-state index in [2.05, 4.69) is 0 Å². The molecule has 0 saturated carbocycles. The molecule has 0 radical (unpaired) electrons. The number of ether oxygens (including phenoxy) is 1. The normalized spacial score (nSPS) is 22.4. The zero-order chi connectivity index (χ0) is 24.2. The van der Waals surface area contributed by atoms with Crippen molar-refractivity contribution in [3.05, 3.63) is 35.9 Å². The number of hydrogen-bond acceptors (Lipinski definition) is 6. The Morgan fingerprint density at radius 2 is 1.65 bits per heavy atom. The minimum Gasteiger partial charge on any atom is -0.493 e. The first-order valence-corrected chi connectivity index (χ1v) is 14.0. The lowest BCUT2D eigenvalue weighted by atomic mass is 9.78. The van der Waals surface area contributed by atoms with E-state index in [1.165, 1.54) is 0 Å². The van der Waals surface area contributed by atoms with Gasteiger partial charge in [-0.1, -0.05) is 18.2 Å². The van der Waals surface area contributed by atoms with E-state index in [9.17, 15) is 18.0 Å². The molecule has 1 aromatic rings. The number of piperidine rings is 1. The van der Waals surface area contributed by atoms with E-state index in [0.717, 1.165) is 43.7 Å². The smallest absolute Gasteiger partial charge is 0.246 e. The van der Waals surface area contributed by atoms with Gasteiger partial charge in [-0.05, 0) is 43.7 Å². The minimum absolute atomic E-state index is 0.00660. The summed E-state index contributed by atoms with van der Waals surface area (Å²) in [5, 5.41) is 0. The molecule has 1 aromatic carbocycles. The zero-order valence-corrected chi connectivity index (χ0v) is 20.8. The third kappa shape index (κ3) is 5.99. The summed E-state index contributed by atoms with van der Waals surface area (Å²) in [6.07, 6.45) is 6.20. The van der Waals surface area contributed by atoms with Gasteiger partial charge in [0.1, 0.15) is 5.75 Å². The number of nitrogens with zero attached hydrogens (tertiary/aromatic N) is 3. The predicted molar refractivity (Wildman–Crippen MR) is 131 cm³/mol. The van der Waals surface area contributed by atoms with Gasteiger partial charge in [-0.3, -0.25) is 14.5 Å². The van der Waals surface area contributed by atoms with Crippen LogP contribution in [0, 0.1) is 5.41 Å². The zero-order valence-electron chi connectivity index (χ0n) is 19.9. The predicted octanol–water partition coefficient (Wildman–Crippen LogP) is 1.67. The van der Waals surface area contributed by atoms with Crippen LogP contribution in [0.25, 0.3) is 6.08 Å². The standard InChI is InChI=1S/C25H35N3O5S/c1-2-33-22-6-4-3-5-21(22)7-8-23(29)27-12-9-25(10-13-27)11-14-28(20-25)24(30)19-26-15-17-34(31,32)18-16-26/h3-8H,2,9-20H2,1H3/b8-7+. The summed E-state index contributed by atoms with van der Waals surface area (Å²) in [7, 11) is -2.94. The van der Waals surface area contributed by atoms with Crippen molar-refractivity contribution in [1.82, 2.24) is 14.7 Å². The molecule has 3 aliphatic heterocycles. The maximum Gasteiger partial charge on any atom is 0.246 e. The molecule has 3 saturated heterocycles. The fourth-order valence-corrected chi connectivity index (χ4v) is 6.41. The van der Waals surface area contributed by atoms with Gasteiger partial charge < -0.3 is 14.5 Å². The quantitative estimate of drug-likeness (QED) is 0.565. The highest BCUT2D eigenvalue weighted by Crippen LogP contribution is 2.40. The van der Waals surface area contributed by atoms with Gasteiger partial charge in [-0.25, -0.2) is 8.42 Å². The molecule has 0 unspecified atom stereocenters. The fourth-order valence-electron chi connectivity index (χ4n) is 5.13. The van der Waals surface area contributed by atoms with Crippen molar-refractivity contribution in [2.75, 3.05) is 63.9 Å². The van der Waals surface area contributed by atoms with Gasteiger partial charge in [0.2, 0.25) is 11.8 Å². The average molecular weight is 490 g/mol. The second-order valence-corrected chi connectivity index (χ2v) is 11.9. The van der Waals surface area contributed by atoms with Crippen LogP contribution in [-0.4, -0.2) is 98.9 Å². The van der Waals surface area contributed by atoms with Gasteiger partial charge >= 0.3 is 0 Å². The molecule has 9 heteroatoms. The van der Waals surface area contributed by atoms with Crippen LogP contribution in [0.1, 0.15) is 31.7 Å². The summed E-state index contributed by atoms with van der Waals surface area (Å²) in [6, 6.07) is 7.68. The lowest BCUT2D eigenvalue weighted by Crippen LogP contribution is -2.47. The van der Waals surface area contributed by atoms with Gasteiger partial charge in [-0.2, -0.15) is 0 Å². The van der Waals surface area contributed by atoms with Crippen LogP contribution in [0.5, 0.6) is 5.75 Å². The molecule has 8 nitrogen and oxygen atoms in total. The van der Waals surface area contributed by atoms with Gasteiger partial charge in [0, 0.05) is 50.9 Å². The number of sulfone groups is 1. The number of benzene rings is 1. The molecule has 0 aliphatic carbocycles. The van der Waals surface area contributed by atoms with Crippen molar-refractivity contribution in [3.63, 3.8) is 0 Å². The van der Waals surface area contributed by atoms with E-state index in [4.69, 9.17) is 4.74 Å². The number of carbonyl (C=O) groups excluding carboxylic acids is 2. The van der Waals surface area contributed by atoms with Crippen molar-refractivity contribution in [3.8, 4) is 5.75 Å². The Labute approximate surface area is 202 Å². The summed E-state index contributed by atoms with van der Waals surface area (Å²) < 4.78 is 28.8. The van der Waals surface area contributed by atoms with Crippen molar-refractivity contribution in [1.29, 1.82) is 0 Å². The molecule has 3 aliphatic rings. The second-order valence-electron chi connectivity index (χ2n) is 9.62. The van der Waals surface area contributed by atoms with Crippen LogP contribution < -0.4 is 4.74 Å². The number of likely N-dealkylation sites (tertiary alicyclic amines) is 2. The summed E-state index contributed by atoms with van der Waals surface area (Å²) in [6.45, 7) is 6.55. The first kappa shape index (κ1) is 24.7. The summed E-state index contributed by atoms with van der Waals surface area (Å²) in [5.74, 6) is 1.14. The topological polar surface area (TPSA) is 87.2 Å². The summed E-state index contributed by atoms with van der Waals surface area (Å²) >= 11 is 0. The number of amides is 2. The molecule has 0 atom stereocenters. The number of carbonyl (C=O) groups is 2. The van der Waals surface area contributed by atoms with Crippen molar-refractivity contribution >= 4 is 27.7 Å². The number of rotatable bonds is 6. The van der Waals surface area contributed by atoms with Crippen molar-refractivity contribution in [2.24, 2.45) is 5.41 Å². The Kier molecular flexibility index (Phi) is 7.62. The van der Waals surface area contributed by atoms with E-state index in [0.29, 0.717) is 39.3 Å². The average Bonchev–Trinajstić information content (AvgIpc) is 3.24. The first-order valence-electron chi connectivity index (χ1n) is 12.2. The molecule has 0 N–H and O–H groups in total. The Morgan fingerprint density at radius 3 is 2.32 bits per heavy atom. The van der Waals surface area contributed by atoms with Crippen molar-refractivity contribution in [2.45, 2.75) is 26.2 Å². The van der Waals surface area contributed by atoms with Gasteiger partial charge in [0.15, 0.2) is 9.84 Å². The Hall–Kier alpha value is -2.39. The van der Waals surface area contributed by atoms with E-state index in [1.54, 1.807) is 6.08 Å². The molecule has 0 bridgehead atoms. The highest BCUT2D eigenvalue weighted by atomic mass is 32.2. The lowest BCUT2D eigenvalue weighted by Gasteiger charge is -2.39. The van der Waals surface area contributed by atoms with Crippen LogP contribution in [0.3, 0.4) is 0 Å². The van der Waals surface area contributed by atoms with E-state index in [1.807, 2.05) is 52.0 Å². The molecule has 2 amide bonds. The van der Waals surface area contributed by atoms with Crippen LogP contribution in [0.4, 0.5) is 0 Å². The second kappa shape index (κ2) is 10.5. The molecule has 34 heavy (non-hydrogen) atoms. The number of para-hydroxylation sites is 1. The van der Waals surface area contributed by atoms with Gasteiger partial charge in [-0.15, -0.1) is 0 Å². The van der Waals surface area contributed by atoms with E-state index in [-0.39, 0.29) is 28.7 Å². The monoisotopic (exact) mass is 489 g/mol. The highest BCUT2D eigenvalue weighted by molar-refractivity contribution is 7.91. The van der Waals surface area contributed by atoms with Crippen LogP contribution in [-0.2, 0) is 19.4 Å². The molecule has 4 rings (SSSR count). The third-order valence-corrected chi connectivity index (χ3v) is 8.96. The molecule has 3 heterocycles. The van der Waals surface area contributed by atoms with Crippen LogP contribution >= 0.6 is 0 Å². The third-order valence-electron chi connectivity index (χ3n) is 7.35. The minimum atomic E-state index is -2.94. The molecule has 186 valence electrons. The summed E-state index contributed by atoms with van der Waals surface area (Å²) in [4.78, 5) is 31.4. The van der Waals surface area contributed by atoms with E-state index >= 15 is 0 Å². The lowest BCUT2D eigenvalue weighted by molar-refractivity contribution is -0.133. The largest absolute Gasteiger partial charge is 0.493 e. The summed E-state index contributed by atoms with van der Waals surface area (Å²) in [5.41, 5.74) is 0.977. The Morgan fingerprint density at radius 1 is 1.00 bits per heavy atom. The molecular formula is C25H35N3O5S. The SMILES string of the molecule is CCOc1ccccc1/C=C/C(=O)N1CCC2(CC1)CCN(C(=O)CN1CCS(=O)(=O)CC1)C2. The van der Waals surface area contributed by atoms with Gasteiger partial charge in [0.05, 0.1) is 24.7 Å². The molecule has 1 spiro atoms. The van der Waals surface area contributed by atoms with Crippen LogP contribution in [0.15, 0.2) is 30.3 Å². The number of hydrogen-bond donors (Lipinski definition) is 0. The van der Waals surface area contributed by atoms with Crippen molar-refractivity contribution < 1.29 is 22.7 Å². The Bertz CT molecular complexity index is 1020. The van der Waals surface area contributed by atoms with Gasteiger partial charge in [0.25, 0.3) is 0 Å². The van der Waals surface area contributed by atoms with Crippen LogP contribution in [0.2, 0.25) is 0 Å². The molecule has 0 aromatic heterocycles. The highest BCUT2D eigenvalue weighted by Gasteiger charge is 2.42. The molecular weight excluding hydrogens is 454 g/mol. The maximum atomic E-state index is 12.8. The first-order chi connectivity index (χ1) is 16.3.